The van der Waals surface area contributed by atoms with Crippen LogP contribution in [0.2, 0.25) is 0 Å². The summed E-state index contributed by atoms with van der Waals surface area (Å²) in [6.45, 7) is 0. The third-order valence-electron chi connectivity index (χ3n) is 3.54. The molecule has 4 heteroatoms. The second kappa shape index (κ2) is 8.67. The van der Waals surface area contributed by atoms with E-state index in [1.807, 2.05) is 60.7 Å². The van der Waals surface area contributed by atoms with Crippen LogP contribution in [0.4, 0.5) is 0 Å². The summed E-state index contributed by atoms with van der Waals surface area (Å²) < 4.78 is 21.2. The normalized spacial score (nSPS) is 11.0. The summed E-state index contributed by atoms with van der Waals surface area (Å²) in [5.74, 6) is 3.15. The molecule has 2 rings (SSSR count). The Kier molecular flexibility index (Phi) is 6.32. The number of ether oxygens (including phenoxy) is 4. The quantitative estimate of drug-likeness (QED) is 0.705. The largest absolute Gasteiger partial charge is 0.497 e. The van der Waals surface area contributed by atoms with E-state index in [0.29, 0.717) is 0 Å². The molecule has 0 aliphatic rings. The molecule has 0 saturated carbocycles. The number of hydrogen-bond donors (Lipinski definition) is 0. The first-order valence-electron chi connectivity index (χ1n) is 7.50. The van der Waals surface area contributed by atoms with E-state index < -0.39 is 0 Å². The Bertz CT molecular complexity index is 669. The summed E-state index contributed by atoms with van der Waals surface area (Å²) in [6, 6.07) is 11.4. The Labute approximate surface area is 142 Å². The fourth-order valence-electron chi connectivity index (χ4n) is 2.26. The first-order valence-corrected chi connectivity index (χ1v) is 7.50. The van der Waals surface area contributed by atoms with Gasteiger partial charge in [0, 0.05) is 11.1 Å². The summed E-state index contributed by atoms with van der Waals surface area (Å²) in [7, 11) is 6.58. The summed E-state index contributed by atoms with van der Waals surface area (Å²) in [5.41, 5.74) is 1.89. The Balaban J connectivity index is 2.21. The topological polar surface area (TPSA) is 36.9 Å². The van der Waals surface area contributed by atoms with Crippen molar-refractivity contribution in [1.29, 1.82) is 0 Å². The lowest BCUT2D eigenvalue weighted by atomic mass is 10.1. The predicted octanol–water partition coefficient (Wildman–Crippen LogP) is 4.45. The smallest absolute Gasteiger partial charge is 0.126 e. The van der Waals surface area contributed by atoms with Crippen molar-refractivity contribution in [3.8, 4) is 23.0 Å². The Morgan fingerprint density at radius 3 is 1.33 bits per heavy atom. The van der Waals surface area contributed by atoms with E-state index in [2.05, 4.69) is 0 Å². The van der Waals surface area contributed by atoms with Gasteiger partial charge in [0.15, 0.2) is 0 Å². The van der Waals surface area contributed by atoms with Crippen LogP contribution in [0.25, 0.3) is 12.2 Å². The van der Waals surface area contributed by atoms with Gasteiger partial charge in [0.25, 0.3) is 0 Å². The van der Waals surface area contributed by atoms with Gasteiger partial charge in [-0.25, -0.2) is 0 Å². The number of rotatable bonds is 7. The highest BCUT2D eigenvalue weighted by Crippen LogP contribution is 2.26. The lowest BCUT2D eigenvalue weighted by Crippen LogP contribution is -1.89. The maximum atomic E-state index is 5.36. The summed E-state index contributed by atoms with van der Waals surface area (Å²) >= 11 is 0. The molecule has 0 N–H and O–H groups in total. The van der Waals surface area contributed by atoms with E-state index in [1.54, 1.807) is 28.4 Å². The highest BCUT2D eigenvalue weighted by molar-refractivity contribution is 5.65. The zero-order valence-corrected chi connectivity index (χ0v) is 14.4. The third-order valence-corrected chi connectivity index (χ3v) is 3.54. The van der Waals surface area contributed by atoms with Crippen molar-refractivity contribution in [1.82, 2.24) is 0 Å². The third kappa shape index (κ3) is 4.32. The Hall–Kier alpha value is -2.88. The number of benzene rings is 2. The summed E-state index contributed by atoms with van der Waals surface area (Å²) in [4.78, 5) is 0. The Morgan fingerprint density at radius 1 is 0.583 bits per heavy atom. The average Bonchev–Trinajstić information content (AvgIpc) is 2.64. The van der Waals surface area contributed by atoms with Gasteiger partial charge in [0.05, 0.1) is 28.4 Å². The van der Waals surface area contributed by atoms with Crippen molar-refractivity contribution < 1.29 is 18.9 Å². The van der Waals surface area contributed by atoms with E-state index in [9.17, 15) is 0 Å². The molecule has 0 atom stereocenters. The van der Waals surface area contributed by atoms with Crippen LogP contribution in [0.15, 0.2) is 48.6 Å². The lowest BCUT2D eigenvalue weighted by Gasteiger charge is -2.07. The summed E-state index contributed by atoms with van der Waals surface area (Å²) in [5, 5.41) is 0. The van der Waals surface area contributed by atoms with Crippen molar-refractivity contribution in [3.63, 3.8) is 0 Å². The van der Waals surface area contributed by atoms with Gasteiger partial charge in [-0.1, -0.05) is 24.3 Å². The van der Waals surface area contributed by atoms with Crippen LogP contribution >= 0.6 is 0 Å². The fourth-order valence-corrected chi connectivity index (χ4v) is 2.26. The van der Waals surface area contributed by atoms with Gasteiger partial charge in [-0.05, 0) is 36.4 Å². The van der Waals surface area contributed by atoms with Crippen molar-refractivity contribution >= 4 is 12.2 Å². The second-order valence-electron chi connectivity index (χ2n) is 4.93. The molecular weight excluding hydrogens is 304 g/mol. The monoisotopic (exact) mass is 326 g/mol. The van der Waals surface area contributed by atoms with Crippen molar-refractivity contribution in [2.75, 3.05) is 28.4 Å². The van der Waals surface area contributed by atoms with E-state index in [1.165, 1.54) is 0 Å². The van der Waals surface area contributed by atoms with Crippen LogP contribution in [-0.4, -0.2) is 28.4 Å². The van der Waals surface area contributed by atoms with Gasteiger partial charge in [-0.2, -0.15) is 0 Å². The second-order valence-corrected chi connectivity index (χ2v) is 4.93. The van der Waals surface area contributed by atoms with Crippen LogP contribution in [0.1, 0.15) is 11.1 Å². The molecule has 2 aromatic rings. The Morgan fingerprint density at radius 2 is 1.00 bits per heavy atom. The molecule has 0 aliphatic carbocycles. The van der Waals surface area contributed by atoms with Crippen molar-refractivity contribution in [3.05, 3.63) is 59.7 Å². The van der Waals surface area contributed by atoms with Gasteiger partial charge in [-0.3, -0.25) is 0 Å². The first kappa shape index (κ1) is 17.5. The highest BCUT2D eigenvalue weighted by Gasteiger charge is 2.02. The summed E-state index contributed by atoms with van der Waals surface area (Å²) in [6.07, 6.45) is 7.81. The maximum Gasteiger partial charge on any atom is 0.126 e. The standard InChI is InChI=1S/C20H22O4/c1-21-17-9-11-19(23-3)15(13-17)7-5-6-8-16-14-18(22-2)10-12-20(16)24-4/h5-14H,1-4H3/b7-5+,8-6+. The van der Waals surface area contributed by atoms with Gasteiger partial charge in [0.1, 0.15) is 23.0 Å². The van der Waals surface area contributed by atoms with E-state index in [4.69, 9.17) is 18.9 Å². The van der Waals surface area contributed by atoms with E-state index in [-0.39, 0.29) is 0 Å². The molecule has 0 aromatic heterocycles. The molecule has 0 saturated heterocycles. The molecule has 126 valence electrons. The minimum Gasteiger partial charge on any atom is -0.497 e. The predicted molar refractivity (Wildman–Crippen MR) is 97.2 cm³/mol. The van der Waals surface area contributed by atoms with Crippen molar-refractivity contribution in [2.45, 2.75) is 0 Å². The fraction of sp³-hybridized carbons (Fsp3) is 0.200. The van der Waals surface area contributed by atoms with E-state index in [0.717, 1.165) is 34.1 Å². The zero-order chi connectivity index (χ0) is 17.4. The molecule has 2 aromatic carbocycles. The van der Waals surface area contributed by atoms with Crippen LogP contribution in [-0.2, 0) is 0 Å². The van der Waals surface area contributed by atoms with E-state index >= 15 is 0 Å². The molecule has 24 heavy (non-hydrogen) atoms. The minimum absolute atomic E-state index is 0.786. The van der Waals surface area contributed by atoms with Crippen LogP contribution in [0.5, 0.6) is 23.0 Å². The average molecular weight is 326 g/mol. The van der Waals surface area contributed by atoms with Gasteiger partial charge >= 0.3 is 0 Å². The number of hydrogen-bond acceptors (Lipinski definition) is 4. The molecule has 0 fully saturated rings. The lowest BCUT2D eigenvalue weighted by molar-refractivity contribution is 0.402. The number of allylic oxidation sites excluding steroid dienone is 2. The molecule has 0 amide bonds. The number of methoxy groups -OCH3 is 4. The molecule has 4 nitrogen and oxygen atoms in total. The molecule has 0 spiro atoms. The van der Waals surface area contributed by atoms with Gasteiger partial charge in [-0.15, -0.1) is 0 Å². The van der Waals surface area contributed by atoms with Crippen molar-refractivity contribution in [2.24, 2.45) is 0 Å². The molecule has 0 unspecified atom stereocenters. The molecule has 0 radical (unpaired) electrons. The molecule has 0 bridgehead atoms. The van der Waals surface area contributed by atoms with Gasteiger partial charge < -0.3 is 18.9 Å². The molecular formula is C20H22O4. The SMILES string of the molecule is COc1ccc(OC)c(/C=C/C=C/c2cc(OC)ccc2OC)c1. The maximum absolute atomic E-state index is 5.36. The molecule has 0 heterocycles. The van der Waals surface area contributed by atoms with Crippen LogP contribution < -0.4 is 18.9 Å². The van der Waals surface area contributed by atoms with Crippen LogP contribution in [0.3, 0.4) is 0 Å². The zero-order valence-electron chi connectivity index (χ0n) is 14.4. The van der Waals surface area contributed by atoms with Crippen LogP contribution in [0, 0.1) is 0 Å². The molecule has 0 aliphatic heterocycles. The highest BCUT2D eigenvalue weighted by atomic mass is 16.5. The minimum atomic E-state index is 0.786. The van der Waals surface area contributed by atoms with Gasteiger partial charge in [0.2, 0.25) is 0 Å². The first-order chi connectivity index (χ1) is 11.7.